The molecule has 2 unspecified atom stereocenters. The fraction of sp³-hybridized carbons (Fsp3) is 0.455. The van der Waals surface area contributed by atoms with Crippen LogP contribution in [-0.4, -0.2) is 31.0 Å². The standard InChI is InChI=1S/C11H12N4O2/c16-11(17)7-3-1-2-6(7)9-14-8-4-12-5-13-10(8)15-9/h4-7H,1-3H2,(H,16,17)(H,12,13,14,15). The summed E-state index contributed by atoms with van der Waals surface area (Å²) in [5, 5.41) is 9.15. The van der Waals surface area contributed by atoms with E-state index in [2.05, 4.69) is 19.9 Å². The summed E-state index contributed by atoms with van der Waals surface area (Å²) in [6, 6.07) is 0. The summed E-state index contributed by atoms with van der Waals surface area (Å²) in [5.41, 5.74) is 1.37. The van der Waals surface area contributed by atoms with E-state index < -0.39 is 5.97 Å². The lowest BCUT2D eigenvalue weighted by molar-refractivity contribution is -0.142. The summed E-state index contributed by atoms with van der Waals surface area (Å²) in [4.78, 5) is 26.6. The van der Waals surface area contributed by atoms with E-state index >= 15 is 0 Å². The molecule has 3 rings (SSSR count). The van der Waals surface area contributed by atoms with Gasteiger partial charge in [0.15, 0.2) is 5.65 Å². The van der Waals surface area contributed by atoms with Gasteiger partial charge in [0.1, 0.15) is 17.7 Å². The predicted octanol–water partition coefficient (Wildman–Crippen LogP) is 1.32. The maximum Gasteiger partial charge on any atom is 0.307 e. The molecule has 17 heavy (non-hydrogen) atoms. The van der Waals surface area contributed by atoms with Gasteiger partial charge in [0.05, 0.1) is 12.1 Å². The van der Waals surface area contributed by atoms with Gasteiger partial charge in [-0.1, -0.05) is 6.42 Å². The number of rotatable bonds is 2. The second-order valence-electron chi connectivity index (χ2n) is 4.36. The number of nitrogens with zero attached hydrogens (tertiary/aromatic N) is 3. The SMILES string of the molecule is O=C(O)C1CCCC1c1nc2ncncc2[nH]1. The van der Waals surface area contributed by atoms with E-state index in [-0.39, 0.29) is 11.8 Å². The number of hydrogen-bond donors (Lipinski definition) is 2. The zero-order valence-corrected chi connectivity index (χ0v) is 9.13. The van der Waals surface area contributed by atoms with Crippen LogP contribution in [0.5, 0.6) is 0 Å². The Labute approximate surface area is 97.1 Å². The average molecular weight is 232 g/mol. The Morgan fingerprint density at radius 2 is 2.35 bits per heavy atom. The van der Waals surface area contributed by atoms with Gasteiger partial charge in [-0.2, -0.15) is 0 Å². The second kappa shape index (κ2) is 3.80. The van der Waals surface area contributed by atoms with Gasteiger partial charge in [-0.3, -0.25) is 4.79 Å². The van der Waals surface area contributed by atoms with Crippen LogP contribution in [0.2, 0.25) is 0 Å². The summed E-state index contributed by atoms with van der Waals surface area (Å²) < 4.78 is 0. The molecular weight excluding hydrogens is 220 g/mol. The Morgan fingerprint density at radius 1 is 1.47 bits per heavy atom. The molecule has 1 aliphatic rings. The molecule has 1 saturated carbocycles. The Morgan fingerprint density at radius 3 is 3.12 bits per heavy atom. The van der Waals surface area contributed by atoms with Gasteiger partial charge >= 0.3 is 5.97 Å². The van der Waals surface area contributed by atoms with Crippen molar-refractivity contribution in [3.63, 3.8) is 0 Å². The molecule has 0 saturated heterocycles. The minimum absolute atomic E-state index is 0.0262. The number of carboxylic acid groups (broad SMARTS) is 1. The van der Waals surface area contributed by atoms with Crippen LogP contribution in [0, 0.1) is 5.92 Å². The van der Waals surface area contributed by atoms with Gasteiger partial charge in [0, 0.05) is 5.92 Å². The molecule has 0 bridgehead atoms. The predicted molar refractivity (Wildman–Crippen MR) is 59.4 cm³/mol. The minimum Gasteiger partial charge on any atom is -0.481 e. The Kier molecular flexibility index (Phi) is 2.28. The summed E-state index contributed by atoms with van der Waals surface area (Å²) in [6.45, 7) is 0. The highest BCUT2D eigenvalue weighted by Crippen LogP contribution is 2.38. The molecule has 1 fully saturated rings. The molecule has 2 atom stereocenters. The molecule has 0 aromatic carbocycles. The molecule has 2 heterocycles. The number of H-pyrrole nitrogens is 1. The molecule has 6 heteroatoms. The van der Waals surface area contributed by atoms with E-state index in [0.29, 0.717) is 5.65 Å². The number of carboxylic acids is 1. The molecular formula is C11H12N4O2. The van der Waals surface area contributed by atoms with Crippen molar-refractivity contribution in [2.24, 2.45) is 5.92 Å². The van der Waals surface area contributed by atoms with Gasteiger partial charge in [-0.05, 0) is 12.8 Å². The van der Waals surface area contributed by atoms with Gasteiger partial charge in [0.25, 0.3) is 0 Å². The first-order chi connectivity index (χ1) is 8.25. The molecule has 6 nitrogen and oxygen atoms in total. The van der Waals surface area contributed by atoms with Gasteiger partial charge in [-0.15, -0.1) is 0 Å². The molecule has 2 aromatic heterocycles. The zero-order chi connectivity index (χ0) is 11.8. The van der Waals surface area contributed by atoms with Crippen LogP contribution in [0.1, 0.15) is 31.0 Å². The number of nitrogens with one attached hydrogen (secondary N) is 1. The fourth-order valence-electron chi connectivity index (χ4n) is 2.54. The van der Waals surface area contributed by atoms with Crippen LogP contribution in [0.3, 0.4) is 0 Å². The first kappa shape index (κ1) is 10.2. The lowest BCUT2D eigenvalue weighted by atomic mass is 9.96. The Hall–Kier alpha value is -1.98. The van der Waals surface area contributed by atoms with Crippen LogP contribution in [0.15, 0.2) is 12.5 Å². The van der Waals surface area contributed by atoms with E-state index in [1.54, 1.807) is 6.20 Å². The van der Waals surface area contributed by atoms with E-state index in [9.17, 15) is 4.79 Å². The van der Waals surface area contributed by atoms with Crippen molar-refractivity contribution in [3.05, 3.63) is 18.3 Å². The van der Waals surface area contributed by atoms with Gasteiger partial charge in [-0.25, -0.2) is 15.0 Å². The van der Waals surface area contributed by atoms with Crippen molar-refractivity contribution in [1.29, 1.82) is 0 Å². The largest absolute Gasteiger partial charge is 0.481 e. The van der Waals surface area contributed by atoms with Crippen molar-refractivity contribution >= 4 is 17.1 Å². The number of aromatic nitrogens is 4. The number of carbonyl (C=O) groups is 1. The number of aliphatic carboxylic acids is 1. The monoisotopic (exact) mass is 232 g/mol. The van der Waals surface area contributed by atoms with E-state index in [4.69, 9.17) is 5.11 Å². The fourth-order valence-corrected chi connectivity index (χ4v) is 2.54. The molecule has 2 N–H and O–H groups in total. The molecule has 0 spiro atoms. The van der Waals surface area contributed by atoms with Crippen molar-refractivity contribution in [2.45, 2.75) is 25.2 Å². The Bertz CT molecular complexity index is 532. The van der Waals surface area contributed by atoms with Crippen LogP contribution >= 0.6 is 0 Å². The van der Waals surface area contributed by atoms with Crippen LogP contribution in [0.25, 0.3) is 11.2 Å². The topological polar surface area (TPSA) is 91.8 Å². The zero-order valence-electron chi connectivity index (χ0n) is 9.13. The highest BCUT2D eigenvalue weighted by Gasteiger charge is 2.35. The minimum atomic E-state index is -0.737. The van der Waals surface area contributed by atoms with Crippen molar-refractivity contribution < 1.29 is 9.90 Å². The highest BCUT2D eigenvalue weighted by atomic mass is 16.4. The van der Waals surface area contributed by atoms with E-state index in [1.165, 1.54) is 6.33 Å². The van der Waals surface area contributed by atoms with Crippen molar-refractivity contribution in [2.75, 3.05) is 0 Å². The molecule has 0 amide bonds. The third-order valence-electron chi connectivity index (χ3n) is 3.36. The third kappa shape index (κ3) is 1.65. The normalized spacial score (nSPS) is 24.2. The maximum atomic E-state index is 11.1. The first-order valence-electron chi connectivity index (χ1n) is 5.64. The molecule has 1 aliphatic carbocycles. The number of fused-ring (bicyclic) bond motifs is 1. The summed E-state index contributed by atoms with van der Waals surface area (Å²) in [5.74, 6) is -0.366. The second-order valence-corrected chi connectivity index (χ2v) is 4.36. The number of hydrogen-bond acceptors (Lipinski definition) is 4. The quantitative estimate of drug-likeness (QED) is 0.814. The van der Waals surface area contributed by atoms with Crippen LogP contribution < -0.4 is 0 Å². The Balaban J connectivity index is 2.00. The van der Waals surface area contributed by atoms with Gasteiger partial charge in [0.2, 0.25) is 0 Å². The first-order valence-corrected chi connectivity index (χ1v) is 5.64. The lowest BCUT2D eigenvalue weighted by Gasteiger charge is -2.12. The molecule has 88 valence electrons. The van der Waals surface area contributed by atoms with E-state index in [1.807, 2.05) is 0 Å². The smallest absolute Gasteiger partial charge is 0.307 e. The highest BCUT2D eigenvalue weighted by molar-refractivity contribution is 5.73. The van der Waals surface area contributed by atoms with E-state index in [0.717, 1.165) is 30.6 Å². The summed E-state index contributed by atoms with van der Waals surface area (Å²) in [6.07, 6.45) is 5.62. The van der Waals surface area contributed by atoms with Gasteiger partial charge < -0.3 is 10.1 Å². The lowest BCUT2D eigenvalue weighted by Crippen LogP contribution is -2.17. The van der Waals surface area contributed by atoms with Crippen molar-refractivity contribution in [1.82, 2.24) is 19.9 Å². The number of aromatic amines is 1. The maximum absolute atomic E-state index is 11.1. The van der Waals surface area contributed by atoms with Crippen molar-refractivity contribution in [3.8, 4) is 0 Å². The average Bonchev–Trinajstić information content (AvgIpc) is 2.95. The summed E-state index contributed by atoms with van der Waals surface area (Å²) in [7, 11) is 0. The molecule has 0 aliphatic heterocycles. The molecule has 2 aromatic rings. The third-order valence-corrected chi connectivity index (χ3v) is 3.36. The number of imidazole rings is 1. The molecule has 0 radical (unpaired) electrons. The van der Waals surface area contributed by atoms with Crippen LogP contribution in [-0.2, 0) is 4.79 Å². The summed E-state index contributed by atoms with van der Waals surface area (Å²) >= 11 is 0. The van der Waals surface area contributed by atoms with Crippen LogP contribution in [0.4, 0.5) is 0 Å².